The number of carbonyl (C=O) groups excluding carboxylic acids is 3. The largest absolute Gasteiger partial charge is 0.454 e. The fourth-order valence-electron chi connectivity index (χ4n) is 3.82. The van der Waals surface area contributed by atoms with E-state index in [4.69, 9.17) is 4.74 Å². The Morgan fingerprint density at radius 3 is 2.12 bits per heavy atom. The van der Waals surface area contributed by atoms with Crippen molar-refractivity contribution in [2.75, 3.05) is 17.5 Å². The van der Waals surface area contributed by atoms with Crippen LogP contribution in [0, 0.1) is 13.8 Å². The molecule has 1 aromatic heterocycles. The number of aromatic amines is 1. The zero-order valence-electron chi connectivity index (χ0n) is 19.4. The molecule has 0 atom stereocenters. The van der Waals surface area contributed by atoms with Gasteiger partial charge >= 0.3 is 5.97 Å². The number of esters is 1. The van der Waals surface area contributed by atoms with Gasteiger partial charge in [-0.25, -0.2) is 13.2 Å². The number of nitrogens with one attached hydrogen (secondary N) is 1. The summed E-state index contributed by atoms with van der Waals surface area (Å²) in [7, 11) is -3.83. The highest BCUT2D eigenvalue weighted by molar-refractivity contribution is 7.92. The minimum atomic E-state index is -3.83. The Balaban J connectivity index is 1.71. The average Bonchev–Trinajstić information content (AvgIpc) is 3.12. The van der Waals surface area contributed by atoms with Crippen molar-refractivity contribution in [1.82, 2.24) is 4.98 Å². The van der Waals surface area contributed by atoms with Gasteiger partial charge in [0.2, 0.25) is 5.78 Å². The second kappa shape index (κ2) is 10.0. The van der Waals surface area contributed by atoms with E-state index in [-0.39, 0.29) is 28.5 Å². The van der Waals surface area contributed by atoms with Crippen LogP contribution in [0.4, 0.5) is 5.69 Å². The van der Waals surface area contributed by atoms with E-state index >= 15 is 0 Å². The van der Waals surface area contributed by atoms with Gasteiger partial charge in [-0.3, -0.25) is 13.9 Å². The molecular formula is C25H26N2O6S. The number of hydrogen-bond acceptors (Lipinski definition) is 6. The zero-order chi connectivity index (χ0) is 25.0. The second-order valence-electron chi connectivity index (χ2n) is 7.71. The van der Waals surface area contributed by atoms with Gasteiger partial charge in [0.1, 0.15) is 0 Å². The number of carbonyl (C=O) groups is 3. The van der Waals surface area contributed by atoms with E-state index < -0.39 is 28.4 Å². The molecule has 0 saturated heterocycles. The number of hydrogen-bond donors (Lipinski definition) is 1. The Bertz CT molecular complexity index is 1330. The second-order valence-corrected chi connectivity index (χ2v) is 9.57. The van der Waals surface area contributed by atoms with Gasteiger partial charge in [-0.2, -0.15) is 0 Å². The Hall–Kier alpha value is -3.72. The molecule has 3 aromatic rings. The SMILES string of the molecule is CCN(c1ccccc1)S(=O)(=O)c1ccc(C(=O)OCC(=O)c2[nH]c(C)c(C(C)=O)c2C)cc1. The molecule has 0 bridgehead atoms. The lowest BCUT2D eigenvalue weighted by Gasteiger charge is -2.22. The van der Waals surface area contributed by atoms with Crippen molar-refractivity contribution in [2.24, 2.45) is 0 Å². The Morgan fingerprint density at radius 2 is 1.59 bits per heavy atom. The number of anilines is 1. The summed E-state index contributed by atoms with van der Waals surface area (Å²) >= 11 is 0. The number of para-hydroxylation sites is 1. The molecule has 178 valence electrons. The predicted octanol–water partition coefficient (Wildman–Crippen LogP) is 4.09. The molecule has 2 aromatic carbocycles. The van der Waals surface area contributed by atoms with Gasteiger partial charge < -0.3 is 9.72 Å². The topological polar surface area (TPSA) is 114 Å². The average molecular weight is 483 g/mol. The van der Waals surface area contributed by atoms with E-state index in [1.165, 1.54) is 35.5 Å². The number of ketones is 2. The maximum Gasteiger partial charge on any atom is 0.338 e. The maximum absolute atomic E-state index is 13.1. The Labute approximate surface area is 198 Å². The van der Waals surface area contributed by atoms with Gasteiger partial charge in [0.25, 0.3) is 10.0 Å². The third-order valence-electron chi connectivity index (χ3n) is 5.41. The van der Waals surface area contributed by atoms with Crippen LogP contribution in [0.1, 0.15) is 56.3 Å². The highest BCUT2D eigenvalue weighted by atomic mass is 32.2. The molecule has 9 heteroatoms. The van der Waals surface area contributed by atoms with E-state index in [1.807, 2.05) is 0 Å². The standard InChI is InChI=1S/C25H26N2O6S/c1-5-27(20-9-7-6-8-10-20)34(31,32)21-13-11-19(12-14-21)25(30)33-15-22(29)24-16(2)23(18(4)28)17(3)26-24/h6-14,26H,5,15H2,1-4H3. The van der Waals surface area contributed by atoms with Gasteiger partial charge in [-0.1, -0.05) is 18.2 Å². The fraction of sp³-hybridized carbons (Fsp3) is 0.240. The number of nitrogens with zero attached hydrogens (tertiary/aromatic N) is 1. The summed E-state index contributed by atoms with van der Waals surface area (Å²) in [5.41, 5.74) is 2.40. The van der Waals surface area contributed by atoms with Crippen LogP contribution >= 0.6 is 0 Å². The Morgan fingerprint density at radius 1 is 0.971 bits per heavy atom. The molecule has 0 fully saturated rings. The molecule has 0 unspecified atom stereocenters. The zero-order valence-corrected chi connectivity index (χ0v) is 20.2. The van der Waals surface area contributed by atoms with Crippen molar-refractivity contribution in [3.05, 3.63) is 82.7 Å². The monoisotopic (exact) mass is 482 g/mol. The molecular weight excluding hydrogens is 456 g/mol. The molecule has 0 saturated carbocycles. The summed E-state index contributed by atoms with van der Waals surface area (Å²) in [6.07, 6.45) is 0. The van der Waals surface area contributed by atoms with Crippen LogP contribution in [0.3, 0.4) is 0 Å². The third kappa shape index (κ3) is 4.94. The number of sulfonamides is 1. The number of rotatable bonds is 9. The molecule has 8 nitrogen and oxygen atoms in total. The minimum absolute atomic E-state index is 0.0278. The highest BCUT2D eigenvalue weighted by Gasteiger charge is 2.24. The summed E-state index contributed by atoms with van der Waals surface area (Å²) in [5.74, 6) is -1.39. The molecule has 0 radical (unpaired) electrons. The van der Waals surface area contributed by atoms with Gasteiger partial charge in [-0.05, 0) is 69.7 Å². The summed E-state index contributed by atoms with van der Waals surface area (Å²) in [5, 5.41) is 0. The van der Waals surface area contributed by atoms with E-state index in [0.29, 0.717) is 22.5 Å². The molecule has 0 aliphatic carbocycles. The highest BCUT2D eigenvalue weighted by Crippen LogP contribution is 2.24. The van der Waals surface area contributed by atoms with Gasteiger partial charge in [0.05, 0.1) is 21.8 Å². The van der Waals surface area contributed by atoms with Gasteiger partial charge in [0, 0.05) is 17.8 Å². The van der Waals surface area contributed by atoms with Crippen molar-refractivity contribution >= 4 is 33.2 Å². The van der Waals surface area contributed by atoms with Crippen molar-refractivity contribution in [3.8, 4) is 0 Å². The minimum Gasteiger partial charge on any atom is -0.454 e. The van der Waals surface area contributed by atoms with Crippen LogP contribution in [-0.2, 0) is 14.8 Å². The smallest absolute Gasteiger partial charge is 0.338 e. The molecule has 1 N–H and O–H groups in total. The molecule has 0 amide bonds. The van der Waals surface area contributed by atoms with E-state index in [1.54, 1.807) is 51.1 Å². The summed E-state index contributed by atoms with van der Waals surface area (Å²) in [6, 6.07) is 14.1. The van der Waals surface area contributed by atoms with E-state index in [0.717, 1.165) is 0 Å². The first-order valence-electron chi connectivity index (χ1n) is 10.7. The lowest BCUT2D eigenvalue weighted by Crippen LogP contribution is -2.30. The van der Waals surface area contributed by atoms with Crippen molar-refractivity contribution in [1.29, 1.82) is 0 Å². The van der Waals surface area contributed by atoms with E-state index in [2.05, 4.69) is 4.98 Å². The van der Waals surface area contributed by atoms with Crippen LogP contribution in [0.5, 0.6) is 0 Å². The van der Waals surface area contributed by atoms with Crippen LogP contribution in [0.15, 0.2) is 59.5 Å². The predicted molar refractivity (Wildman–Crippen MR) is 128 cm³/mol. The number of aromatic nitrogens is 1. The van der Waals surface area contributed by atoms with Crippen molar-refractivity contribution in [2.45, 2.75) is 32.6 Å². The van der Waals surface area contributed by atoms with Crippen molar-refractivity contribution in [3.63, 3.8) is 0 Å². The fourth-order valence-corrected chi connectivity index (χ4v) is 5.29. The van der Waals surface area contributed by atoms with Crippen molar-refractivity contribution < 1.29 is 27.5 Å². The lowest BCUT2D eigenvalue weighted by molar-refractivity contribution is 0.0473. The number of benzene rings is 2. The number of Topliss-reactive ketones (excluding diaryl/α,β-unsaturated/α-hetero) is 2. The Kier molecular flexibility index (Phi) is 7.36. The first kappa shape index (κ1) is 24.9. The first-order chi connectivity index (χ1) is 16.1. The van der Waals surface area contributed by atoms with Gasteiger partial charge in [-0.15, -0.1) is 0 Å². The molecule has 0 spiro atoms. The first-order valence-corrected chi connectivity index (χ1v) is 12.1. The van der Waals surface area contributed by atoms with Crippen LogP contribution in [0.2, 0.25) is 0 Å². The molecule has 34 heavy (non-hydrogen) atoms. The summed E-state index contributed by atoms with van der Waals surface area (Å²) in [4.78, 5) is 39.6. The normalized spacial score (nSPS) is 11.2. The molecule has 3 rings (SSSR count). The summed E-state index contributed by atoms with van der Waals surface area (Å²) < 4.78 is 32.5. The van der Waals surface area contributed by atoms with Gasteiger partial charge in [0.15, 0.2) is 12.4 Å². The number of H-pyrrole nitrogens is 1. The maximum atomic E-state index is 13.1. The molecule has 0 aliphatic heterocycles. The number of ether oxygens (including phenoxy) is 1. The van der Waals surface area contributed by atoms with E-state index in [9.17, 15) is 22.8 Å². The van der Waals surface area contributed by atoms with Crippen LogP contribution < -0.4 is 4.31 Å². The summed E-state index contributed by atoms with van der Waals surface area (Å²) in [6.45, 7) is 6.22. The van der Waals surface area contributed by atoms with Crippen LogP contribution in [0.25, 0.3) is 0 Å². The molecule has 0 aliphatic rings. The van der Waals surface area contributed by atoms with Crippen LogP contribution in [-0.4, -0.2) is 44.1 Å². The quantitative estimate of drug-likeness (QED) is 0.363. The lowest BCUT2D eigenvalue weighted by atomic mass is 10.1. The third-order valence-corrected chi connectivity index (χ3v) is 7.33. The molecule has 1 heterocycles. The number of aryl methyl sites for hydroxylation is 1.